The number of rotatable bonds is 0. The third kappa shape index (κ3) is 3.38. The fraction of sp³-hybridized carbons (Fsp3) is 0.625. The lowest BCUT2D eigenvalue weighted by molar-refractivity contribution is 0.686. The summed E-state index contributed by atoms with van der Waals surface area (Å²) < 4.78 is 5.77. The van der Waals surface area contributed by atoms with Gasteiger partial charge in [-0.15, -0.1) is 13.2 Å². The van der Waals surface area contributed by atoms with E-state index < -0.39 is 0 Å². The van der Waals surface area contributed by atoms with Crippen LogP contribution in [0.15, 0.2) is 31.1 Å². The van der Waals surface area contributed by atoms with Gasteiger partial charge in [0.15, 0.2) is 0 Å². The molecule has 20 heavy (non-hydrogen) atoms. The van der Waals surface area contributed by atoms with Crippen LogP contribution in [0.3, 0.4) is 0 Å². The first kappa shape index (κ1) is 17.5. The van der Waals surface area contributed by atoms with Crippen molar-refractivity contribution in [2.45, 2.75) is 38.5 Å². The second-order valence-corrected chi connectivity index (χ2v) is 9.22. The van der Waals surface area contributed by atoms with E-state index in [-0.39, 0.29) is 0 Å². The molecule has 4 heteroatoms. The lowest BCUT2D eigenvalue weighted by Gasteiger charge is -2.08. The van der Waals surface area contributed by atoms with Crippen LogP contribution in [-0.4, -0.2) is 0 Å². The smallest absolute Gasteiger partial charge is 0.00858 e. The van der Waals surface area contributed by atoms with Gasteiger partial charge in [-0.05, 0) is 62.2 Å². The summed E-state index contributed by atoms with van der Waals surface area (Å²) in [5.41, 5.74) is 0. The van der Waals surface area contributed by atoms with Crippen LogP contribution in [0, 0.1) is 23.7 Å². The summed E-state index contributed by atoms with van der Waals surface area (Å²) in [6.07, 6.45) is 8.39. The minimum atomic E-state index is 0.865. The van der Waals surface area contributed by atoms with Crippen LogP contribution in [0.2, 0.25) is 0 Å². The van der Waals surface area contributed by atoms with Gasteiger partial charge in [-0.2, -0.15) is 0 Å². The molecule has 0 N–H and O–H groups in total. The number of fused-ring (bicyclic) bond motifs is 4. The van der Waals surface area contributed by atoms with E-state index in [2.05, 4.69) is 76.9 Å². The molecule has 0 aromatic carbocycles. The van der Waals surface area contributed by atoms with Crippen molar-refractivity contribution in [1.29, 1.82) is 0 Å². The van der Waals surface area contributed by atoms with E-state index in [1.54, 1.807) is 0 Å². The van der Waals surface area contributed by atoms with Crippen molar-refractivity contribution in [1.82, 2.24) is 0 Å². The zero-order chi connectivity index (χ0) is 14.9. The van der Waals surface area contributed by atoms with Gasteiger partial charge in [0, 0.05) is 17.9 Å². The molecule has 4 aliphatic carbocycles. The molecular formula is C16H20Br4. The first-order valence-electron chi connectivity index (χ1n) is 7.18. The minimum absolute atomic E-state index is 0.865. The molecule has 4 bridgehead atoms. The molecule has 2 fully saturated rings. The summed E-state index contributed by atoms with van der Waals surface area (Å²) in [6.45, 7) is 6.00. The molecule has 0 aromatic heterocycles. The van der Waals surface area contributed by atoms with Gasteiger partial charge in [-0.3, -0.25) is 0 Å². The second kappa shape index (κ2) is 7.61. The van der Waals surface area contributed by atoms with Crippen LogP contribution in [0.25, 0.3) is 0 Å². The highest BCUT2D eigenvalue weighted by Crippen LogP contribution is 2.53. The quantitative estimate of drug-likeness (QED) is 0.282. The van der Waals surface area contributed by atoms with E-state index in [4.69, 9.17) is 0 Å². The van der Waals surface area contributed by atoms with Crippen molar-refractivity contribution in [3.05, 3.63) is 31.1 Å². The number of allylic oxidation sites excluding steroid dienone is 4. The van der Waals surface area contributed by atoms with E-state index in [0.717, 1.165) is 23.7 Å². The van der Waals surface area contributed by atoms with Crippen molar-refractivity contribution in [2.75, 3.05) is 0 Å². The monoisotopic (exact) mass is 528 g/mol. The minimum Gasteiger partial charge on any atom is -0.106 e. The highest BCUT2D eigenvalue weighted by Gasteiger charge is 2.37. The maximum Gasteiger partial charge on any atom is 0.00858 e. The zero-order valence-corrected chi connectivity index (χ0v) is 17.8. The second-order valence-electron chi connectivity index (χ2n) is 5.81. The van der Waals surface area contributed by atoms with Gasteiger partial charge in [-0.25, -0.2) is 0 Å². The molecule has 4 unspecified atom stereocenters. The van der Waals surface area contributed by atoms with E-state index in [1.807, 2.05) is 0 Å². The third-order valence-electron chi connectivity index (χ3n) is 4.76. The van der Waals surface area contributed by atoms with Gasteiger partial charge in [0.25, 0.3) is 0 Å². The van der Waals surface area contributed by atoms with Crippen LogP contribution >= 0.6 is 63.7 Å². The van der Waals surface area contributed by atoms with E-state index in [0.29, 0.717) is 0 Å². The van der Waals surface area contributed by atoms with Gasteiger partial charge >= 0.3 is 0 Å². The summed E-state index contributed by atoms with van der Waals surface area (Å²) >= 11 is 14.4. The maximum atomic E-state index is 3.59. The Bertz CT molecular complexity index is 362. The zero-order valence-electron chi connectivity index (χ0n) is 11.5. The summed E-state index contributed by atoms with van der Waals surface area (Å²) in [7, 11) is 0. The van der Waals surface area contributed by atoms with Crippen molar-refractivity contribution in [3.8, 4) is 0 Å². The molecule has 4 aliphatic rings. The van der Waals surface area contributed by atoms with Crippen molar-refractivity contribution in [2.24, 2.45) is 23.7 Å². The summed E-state index contributed by atoms with van der Waals surface area (Å²) in [6, 6.07) is 0. The Balaban J connectivity index is 0.000000131. The molecule has 112 valence electrons. The molecular weight excluding hydrogens is 512 g/mol. The van der Waals surface area contributed by atoms with Crippen LogP contribution in [-0.2, 0) is 0 Å². The fourth-order valence-electron chi connectivity index (χ4n) is 3.66. The number of halogens is 4. The standard InChI is InChI=1S/2C7H8Br2.C2H4/c2*8-6-4-1-2-5(3-4)7(6)9;1-2/h2*4-5H,1-3H2;1-2H2. The molecule has 2 saturated carbocycles. The molecule has 0 spiro atoms. The third-order valence-corrected chi connectivity index (χ3v) is 10.1. The average molecular weight is 532 g/mol. The Morgan fingerprint density at radius 3 is 0.850 bits per heavy atom. The Labute approximate surface area is 156 Å². The van der Waals surface area contributed by atoms with Gasteiger partial charge < -0.3 is 0 Å². The first-order valence-corrected chi connectivity index (χ1v) is 10.3. The SMILES string of the molecule is BrC1=C(Br)C2CCC1C2.BrC1=C(Br)C2CCC1C2.C=C. The lowest BCUT2D eigenvalue weighted by atomic mass is 10.1. The van der Waals surface area contributed by atoms with E-state index in [1.165, 1.54) is 56.5 Å². The highest BCUT2D eigenvalue weighted by atomic mass is 79.9. The highest BCUT2D eigenvalue weighted by molar-refractivity contribution is 9.14. The molecule has 0 amide bonds. The van der Waals surface area contributed by atoms with Crippen molar-refractivity contribution < 1.29 is 0 Å². The Morgan fingerprint density at radius 1 is 0.550 bits per heavy atom. The van der Waals surface area contributed by atoms with Crippen LogP contribution in [0.5, 0.6) is 0 Å². The van der Waals surface area contributed by atoms with E-state index >= 15 is 0 Å². The molecule has 0 radical (unpaired) electrons. The van der Waals surface area contributed by atoms with Gasteiger partial charge in [-0.1, -0.05) is 63.7 Å². The molecule has 4 rings (SSSR count). The van der Waals surface area contributed by atoms with Crippen molar-refractivity contribution >= 4 is 63.7 Å². The first-order chi connectivity index (χ1) is 9.58. The Morgan fingerprint density at radius 2 is 0.750 bits per heavy atom. The van der Waals surface area contributed by atoms with Crippen LogP contribution in [0.4, 0.5) is 0 Å². The summed E-state index contributed by atoms with van der Waals surface area (Å²) in [5.74, 6) is 3.46. The number of hydrogen-bond acceptors (Lipinski definition) is 0. The average Bonchev–Trinajstić information content (AvgIpc) is 3.22. The predicted molar refractivity (Wildman–Crippen MR) is 103 cm³/mol. The lowest BCUT2D eigenvalue weighted by Crippen LogP contribution is -1.92. The van der Waals surface area contributed by atoms with Gasteiger partial charge in [0.05, 0.1) is 0 Å². The van der Waals surface area contributed by atoms with Crippen LogP contribution < -0.4 is 0 Å². The largest absolute Gasteiger partial charge is 0.106 e. The summed E-state index contributed by atoms with van der Waals surface area (Å²) in [4.78, 5) is 0. The molecule has 0 aliphatic heterocycles. The topological polar surface area (TPSA) is 0 Å². The van der Waals surface area contributed by atoms with E-state index in [9.17, 15) is 0 Å². The molecule has 0 heterocycles. The predicted octanol–water partition coefficient (Wildman–Crippen LogP) is 7.64. The molecule has 4 atom stereocenters. The summed E-state index contributed by atoms with van der Waals surface area (Å²) in [5, 5.41) is 0. The molecule has 0 saturated heterocycles. The van der Waals surface area contributed by atoms with Gasteiger partial charge in [0.1, 0.15) is 0 Å². The van der Waals surface area contributed by atoms with Crippen LogP contribution in [0.1, 0.15) is 38.5 Å². The maximum absolute atomic E-state index is 3.59. The fourth-order valence-corrected chi connectivity index (χ4v) is 6.62. The van der Waals surface area contributed by atoms with Gasteiger partial charge in [0.2, 0.25) is 0 Å². The Kier molecular flexibility index (Phi) is 6.65. The number of hydrogen-bond donors (Lipinski definition) is 0. The molecule has 0 nitrogen and oxygen atoms in total. The Hall–Kier alpha value is 1.14. The van der Waals surface area contributed by atoms with Crippen molar-refractivity contribution in [3.63, 3.8) is 0 Å². The molecule has 0 aromatic rings. The normalized spacial score (nSPS) is 36.8.